The first-order chi connectivity index (χ1) is 16.9. The summed E-state index contributed by atoms with van der Waals surface area (Å²) in [6.07, 6.45) is 3.85. The molecule has 1 atom stereocenters. The highest BCUT2D eigenvalue weighted by atomic mass is 16.5. The van der Waals surface area contributed by atoms with Gasteiger partial charge in [-0.1, -0.05) is 31.5 Å². The topological polar surface area (TPSA) is 93.4 Å². The predicted octanol–water partition coefficient (Wildman–Crippen LogP) is 4.20. The number of hydrogen-bond donors (Lipinski definition) is 1. The predicted molar refractivity (Wildman–Crippen MR) is 132 cm³/mol. The number of benzene rings is 1. The van der Waals surface area contributed by atoms with Gasteiger partial charge < -0.3 is 23.9 Å². The molecule has 2 aromatic heterocycles. The largest absolute Gasteiger partial charge is 0.505 e. The minimum absolute atomic E-state index is 0.0231. The van der Waals surface area contributed by atoms with Crippen molar-refractivity contribution < 1.29 is 24.2 Å². The van der Waals surface area contributed by atoms with Gasteiger partial charge in [-0.15, -0.1) is 0 Å². The van der Waals surface area contributed by atoms with Gasteiger partial charge in [0.05, 0.1) is 30.5 Å². The lowest BCUT2D eigenvalue weighted by Gasteiger charge is -2.25. The molecule has 1 saturated heterocycles. The number of ketones is 1. The first-order valence-electron chi connectivity index (χ1n) is 11.8. The molecule has 184 valence electrons. The number of hydrogen-bond acceptors (Lipinski definition) is 6. The smallest absolute Gasteiger partial charge is 0.295 e. The highest BCUT2D eigenvalue weighted by Gasteiger charge is 2.46. The Labute approximate surface area is 204 Å². The molecule has 4 rings (SSSR count). The third-order valence-electron chi connectivity index (χ3n) is 6.35. The minimum Gasteiger partial charge on any atom is -0.505 e. The number of aliphatic hydroxyl groups excluding tert-OH is 1. The van der Waals surface area contributed by atoms with E-state index in [4.69, 9.17) is 9.47 Å². The lowest BCUT2D eigenvalue weighted by atomic mass is 9.96. The Morgan fingerprint density at radius 1 is 1.11 bits per heavy atom. The molecule has 1 fully saturated rings. The zero-order chi connectivity index (χ0) is 25.1. The van der Waals surface area contributed by atoms with E-state index in [-0.39, 0.29) is 30.2 Å². The van der Waals surface area contributed by atoms with E-state index in [9.17, 15) is 14.7 Å². The number of rotatable bonds is 9. The van der Waals surface area contributed by atoms with Gasteiger partial charge in [-0.2, -0.15) is 0 Å². The van der Waals surface area contributed by atoms with Crippen molar-refractivity contribution in [3.8, 4) is 5.75 Å². The number of imidazole rings is 1. The van der Waals surface area contributed by atoms with Crippen LogP contribution in [0.15, 0.2) is 48.2 Å². The van der Waals surface area contributed by atoms with Gasteiger partial charge in [0.1, 0.15) is 17.1 Å². The van der Waals surface area contributed by atoms with Crippen molar-refractivity contribution in [2.45, 2.75) is 39.7 Å². The molecule has 0 saturated carbocycles. The second kappa shape index (κ2) is 10.3. The summed E-state index contributed by atoms with van der Waals surface area (Å²) in [7, 11) is 1.54. The number of unbranched alkanes of at least 4 members (excludes halogenated alkanes) is 1. The van der Waals surface area contributed by atoms with Crippen molar-refractivity contribution >= 4 is 23.1 Å². The number of carbonyl (C=O) groups excluding carboxylic acids is 2. The molecule has 1 N–H and O–H groups in total. The number of aryl methyl sites for hydroxylation is 2. The van der Waals surface area contributed by atoms with E-state index in [2.05, 4.69) is 11.9 Å². The molecule has 0 aliphatic carbocycles. The lowest BCUT2D eigenvalue weighted by molar-refractivity contribution is -0.140. The van der Waals surface area contributed by atoms with Crippen molar-refractivity contribution in [3.63, 3.8) is 0 Å². The van der Waals surface area contributed by atoms with Crippen molar-refractivity contribution in [3.05, 3.63) is 70.7 Å². The molecule has 1 aliphatic rings. The van der Waals surface area contributed by atoms with Crippen LogP contribution in [0.2, 0.25) is 0 Å². The summed E-state index contributed by atoms with van der Waals surface area (Å²) in [5.41, 5.74) is 3.31. The number of fused-ring (bicyclic) bond motifs is 1. The fourth-order valence-electron chi connectivity index (χ4n) is 4.40. The number of nitrogens with zero attached hydrogens (tertiary/aromatic N) is 3. The van der Waals surface area contributed by atoms with E-state index in [1.165, 1.54) is 12.0 Å². The average molecular weight is 478 g/mol. The van der Waals surface area contributed by atoms with Crippen LogP contribution in [0.25, 0.3) is 11.4 Å². The van der Waals surface area contributed by atoms with E-state index in [1.807, 2.05) is 60.8 Å². The number of Topliss-reactive ketones (excluding diaryl/α,β-unsaturated/α-hetero) is 1. The Morgan fingerprint density at radius 2 is 1.86 bits per heavy atom. The van der Waals surface area contributed by atoms with Crippen LogP contribution in [-0.4, -0.2) is 57.9 Å². The second-order valence-electron chi connectivity index (χ2n) is 8.69. The number of aliphatic hydroxyl groups is 1. The Balaban J connectivity index is 1.81. The van der Waals surface area contributed by atoms with Crippen LogP contribution >= 0.6 is 0 Å². The highest BCUT2D eigenvalue weighted by molar-refractivity contribution is 6.46. The zero-order valence-corrected chi connectivity index (χ0v) is 20.6. The van der Waals surface area contributed by atoms with Crippen LogP contribution in [-0.2, 0) is 14.3 Å². The number of ether oxygens (including phenoxy) is 2. The van der Waals surface area contributed by atoms with Crippen LogP contribution in [0.3, 0.4) is 0 Å². The van der Waals surface area contributed by atoms with Gasteiger partial charge in [-0.3, -0.25) is 9.59 Å². The first-order valence-corrected chi connectivity index (χ1v) is 11.8. The van der Waals surface area contributed by atoms with Crippen molar-refractivity contribution in [2.24, 2.45) is 0 Å². The molecule has 0 radical (unpaired) electrons. The lowest BCUT2D eigenvalue weighted by Crippen LogP contribution is -2.32. The SMILES string of the molecule is CCCCOc1ccc(C2/C(=C(\O)c3nc4c(C)cccn4c3C)C(=O)C(=O)N2CCOC)cc1. The van der Waals surface area contributed by atoms with Gasteiger partial charge in [-0.05, 0) is 49.6 Å². The van der Waals surface area contributed by atoms with Crippen LogP contribution in [0.5, 0.6) is 5.75 Å². The Hall–Kier alpha value is -3.65. The first kappa shape index (κ1) is 24.5. The maximum absolute atomic E-state index is 13.2. The van der Waals surface area contributed by atoms with Crippen LogP contribution in [0.4, 0.5) is 0 Å². The van der Waals surface area contributed by atoms with Gasteiger partial charge in [0, 0.05) is 19.9 Å². The Bertz CT molecular complexity index is 1280. The number of carbonyl (C=O) groups is 2. The fourth-order valence-corrected chi connectivity index (χ4v) is 4.40. The summed E-state index contributed by atoms with van der Waals surface area (Å²) in [6, 6.07) is 10.4. The molecule has 3 aromatic rings. The molecule has 1 unspecified atom stereocenters. The molecule has 1 aromatic carbocycles. The number of likely N-dealkylation sites (tertiary alicyclic amines) is 1. The van der Waals surface area contributed by atoms with E-state index in [1.54, 1.807) is 0 Å². The number of methoxy groups -OCH3 is 1. The number of amides is 1. The molecular formula is C27H31N3O5. The quantitative estimate of drug-likeness (QED) is 0.215. The van der Waals surface area contributed by atoms with Gasteiger partial charge in [0.25, 0.3) is 11.7 Å². The molecule has 3 heterocycles. The summed E-state index contributed by atoms with van der Waals surface area (Å²) in [5, 5.41) is 11.4. The van der Waals surface area contributed by atoms with E-state index < -0.39 is 17.7 Å². The molecule has 8 heteroatoms. The van der Waals surface area contributed by atoms with Gasteiger partial charge >= 0.3 is 0 Å². The Kier molecular flexibility index (Phi) is 7.21. The molecule has 8 nitrogen and oxygen atoms in total. The molecule has 0 spiro atoms. The highest BCUT2D eigenvalue weighted by Crippen LogP contribution is 2.40. The standard InChI is InChI=1S/C27H31N3O5/c1-5-6-15-35-20-11-9-19(10-12-20)23-21(25(32)27(33)30(23)14-16-34-4)24(31)22-18(3)29-13-7-8-17(2)26(29)28-22/h7-13,23,31H,5-6,14-16H2,1-4H3/b24-21+. The van der Waals surface area contributed by atoms with Gasteiger partial charge in [-0.25, -0.2) is 4.98 Å². The van der Waals surface area contributed by atoms with Crippen LogP contribution < -0.4 is 4.74 Å². The third-order valence-corrected chi connectivity index (χ3v) is 6.35. The summed E-state index contributed by atoms with van der Waals surface area (Å²) in [5.74, 6) is -0.977. The minimum atomic E-state index is -0.764. The van der Waals surface area contributed by atoms with Gasteiger partial charge in [0.2, 0.25) is 0 Å². The van der Waals surface area contributed by atoms with Crippen molar-refractivity contribution in [1.82, 2.24) is 14.3 Å². The normalized spacial score (nSPS) is 17.5. The molecule has 0 bridgehead atoms. The van der Waals surface area contributed by atoms with Gasteiger partial charge in [0.15, 0.2) is 5.76 Å². The van der Waals surface area contributed by atoms with Crippen molar-refractivity contribution in [2.75, 3.05) is 26.9 Å². The summed E-state index contributed by atoms with van der Waals surface area (Å²) >= 11 is 0. The molecule has 1 amide bonds. The van der Waals surface area contributed by atoms with E-state index >= 15 is 0 Å². The van der Waals surface area contributed by atoms with Crippen LogP contribution in [0, 0.1) is 13.8 Å². The Morgan fingerprint density at radius 3 is 2.51 bits per heavy atom. The van der Waals surface area contributed by atoms with E-state index in [0.717, 1.165) is 18.4 Å². The second-order valence-corrected chi connectivity index (χ2v) is 8.69. The maximum atomic E-state index is 13.2. The number of pyridine rings is 1. The molecule has 1 aliphatic heterocycles. The average Bonchev–Trinajstić information content (AvgIpc) is 3.33. The zero-order valence-electron chi connectivity index (χ0n) is 20.6. The molecular weight excluding hydrogens is 446 g/mol. The maximum Gasteiger partial charge on any atom is 0.295 e. The van der Waals surface area contributed by atoms with E-state index in [0.29, 0.717) is 29.3 Å². The fraction of sp³-hybridized carbons (Fsp3) is 0.370. The molecule has 35 heavy (non-hydrogen) atoms. The summed E-state index contributed by atoms with van der Waals surface area (Å²) in [4.78, 5) is 32.3. The van der Waals surface area contributed by atoms with Crippen molar-refractivity contribution in [1.29, 1.82) is 0 Å². The third kappa shape index (κ3) is 4.53. The van der Waals surface area contributed by atoms with Crippen LogP contribution in [0.1, 0.15) is 48.3 Å². The summed E-state index contributed by atoms with van der Waals surface area (Å²) < 4.78 is 12.8. The number of aromatic nitrogens is 2. The monoisotopic (exact) mass is 477 g/mol. The summed E-state index contributed by atoms with van der Waals surface area (Å²) in [6.45, 7) is 6.94.